The molecule has 1 aromatic rings. The van der Waals surface area contributed by atoms with E-state index in [1.807, 2.05) is 0 Å². The quantitative estimate of drug-likeness (QED) is 0.667. The molecule has 0 radical (unpaired) electrons. The Bertz CT molecular complexity index is 404. The largest absolute Gasteiger partial charge is 0.392 e. The summed E-state index contributed by atoms with van der Waals surface area (Å²) in [6, 6.07) is 2.02. The molecule has 1 atom stereocenters. The molecule has 1 rings (SSSR count). The molecular weight excluding hydrogens is 311 g/mol. The van der Waals surface area contributed by atoms with Gasteiger partial charge in [-0.15, -0.1) is 0 Å². The minimum absolute atomic E-state index is 0.0619. The van der Waals surface area contributed by atoms with Crippen molar-refractivity contribution in [1.29, 1.82) is 0 Å². The molecule has 0 aliphatic carbocycles. The fraction of sp³-hybridized carbons (Fsp3) is 0.400. The van der Waals surface area contributed by atoms with Gasteiger partial charge in [-0.05, 0) is 28.1 Å². The monoisotopic (exact) mass is 318 g/mol. The fourth-order valence-electron chi connectivity index (χ4n) is 1.33. The number of benzene rings is 1. The first kappa shape index (κ1) is 14.4. The van der Waals surface area contributed by atoms with E-state index in [-0.39, 0.29) is 4.47 Å². The lowest BCUT2D eigenvalue weighted by atomic mass is 10.0. The van der Waals surface area contributed by atoms with Gasteiger partial charge in [0.05, 0.1) is 17.0 Å². The van der Waals surface area contributed by atoms with E-state index < -0.39 is 42.3 Å². The summed E-state index contributed by atoms with van der Waals surface area (Å²) in [6.45, 7) is 0. The molecule has 0 bridgehead atoms. The van der Waals surface area contributed by atoms with Crippen LogP contribution in [0.15, 0.2) is 16.6 Å². The van der Waals surface area contributed by atoms with E-state index in [9.17, 15) is 22.0 Å². The van der Waals surface area contributed by atoms with E-state index >= 15 is 0 Å². The molecule has 1 nitrogen and oxygen atoms in total. The van der Waals surface area contributed by atoms with Gasteiger partial charge in [-0.25, -0.2) is 8.78 Å². The first-order chi connectivity index (χ1) is 7.70. The number of alkyl halides is 3. The predicted octanol–water partition coefficient (Wildman–Crippen LogP) is 3.58. The molecule has 0 saturated carbocycles. The summed E-state index contributed by atoms with van der Waals surface area (Å²) in [6.07, 6.45) is -8.67. The van der Waals surface area contributed by atoms with Gasteiger partial charge >= 0.3 is 6.18 Å². The van der Waals surface area contributed by atoms with Gasteiger partial charge in [-0.1, -0.05) is 0 Å². The van der Waals surface area contributed by atoms with Crippen molar-refractivity contribution in [3.8, 4) is 0 Å². The number of rotatable bonds is 3. The Balaban J connectivity index is 2.85. The third-order valence-electron chi connectivity index (χ3n) is 2.05. The highest BCUT2D eigenvalue weighted by Gasteiger charge is 2.32. The smallest absolute Gasteiger partial charge is 0.391 e. The number of aliphatic hydroxyl groups excluding tert-OH is 1. The molecule has 0 heterocycles. The summed E-state index contributed by atoms with van der Waals surface area (Å²) in [5.41, 5.74) is -0.559. The zero-order chi connectivity index (χ0) is 13.2. The highest BCUT2D eigenvalue weighted by molar-refractivity contribution is 9.10. The Labute approximate surface area is 102 Å². The van der Waals surface area contributed by atoms with Gasteiger partial charge in [0.25, 0.3) is 0 Å². The van der Waals surface area contributed by atoms with E-state index in [0.717, 1.165) is 12.1 Å². The topological polar surface area (TPSA) is 20.2 Å². The average Bonchev–Trinajstić information content (AvgIpc) is 2.16. The van der Waals surface area contributed by atoms with Crippen molar-refractivity contribution in [2.45, 2.75) is 25.1 Å². The van der Waals surface area contributed by atoms with Crippen molar-refractivity contribution in [2.75, 3.05) is 0 Å². The van der Waals surface area contributed by atoms with Crippen LogP contribution in [-0.4, -0.2) is 17.4 Å². The summed E-state index contributed by atoms with van der Waals surface area (Å²) >= 11 is 2.79. The van der Waals surface area contributed by atoms with Crippen LogP contribution in [0.1, 0.15) is 12.0 Å². The Hall–Kier alpha value is -0.690. The zero-order valence-electron chi connectivity index (χ0n) is 8.36. The second kappa shape index (κ2) is 5.30. The molecule has 0 aromatic heterocycles. The van der Waals surface area contributed by atoms with Crippen LogP contribution in [0.4, 0.5) is 22.0 Å². The molecule has 0 amide bonds. The average molecular weight is 319 g/mol. The second-order valence-corrected chi connectivity index (χ2v) is 4.35. The first-order valence-electron chi connectivity index (χ1n) is 4.58. The van der Waals surface area contributed by atoms with E-state index in [0.29, 0.717) is 0 Å². The molecule has 7 heteroatoms. The third kappa shape index (κ3) is 4.23. The maximum absolute atomic E-state index is 13.4. The Morgan fingerprint density at radius 1 is 1.24 bits per heavy atom. The molecule has 1 aromatic carbocycles. The van der Waals surface area contributed by atoms with Crippen molar-refractivity contribution >= 4 is 15.9 Å². The summed E-state index contributed by atoms with van der Waals surface area (Å²) in [4.78, 5) is 0. The molecule has 0 spiro atoms. The molecule has 0 aliphatic heterocycles. The van der Waals surface area contributed by atoms with Crippen molar-refractivity contribution in [2.24, 2.45) is 0 Å². The summed E-state index contributed by atoms with van der Waals surface area (Å²) in [7, 11) is 0. The summed E-state index contributed by atoms with van der Waals surface area (Å²) in [5, 5.41) is 9.11. The molecule has 0 fully saturated rings. The van der Waals surface area contributed by atoms with Crippen LogP contribution in [0.5, 0.6) is 0 Å². The normalized spacial score (nSPS) is 13.8. The Kier molecular flexibility index (Phi) is 4.48. The van der Waals surface area contributed by atoms with E-state index in [2.05, 4.69) is 15.9 Å². The molecule has 96 valence electrons. The van der Waals surface area contributed by atoms with Crippen molar-refractivity contribution in [3.63, 3.8) is 0 Å². The van der Waals surface area contributed by atoms with Gasteiger partial charge in [-0.3, -0.25) is 0 Å². The zero-order valence-corrected chi connectivity index (χ0v) is 9.95. The molecule has 1 unspecified atom stereocenters. The van der Waals surface area contributed by atoms with Gasteiger partial charge in [0.2, 0.25) is 0 Å². The van der Waals surface area contributed by atoms with Crippen molar-refractivity contribution in [3.05, 3.63) is 33.8 Å². The summed E-state index contributed by atoms with van der Waals surface area (Å²) in [5.74, 6) is -1.97. The summed E-state index contributed by atoms with van der Waals surface area (Å²) < 4.78 is 62.3. The SMILES string of the molecule is OC(Cc1c(F)ccc(Br)c1F)CC(F)(F)F. The van der Waals surface area contributed by atoms with Crippen LogP contribution in [0, 0.1) is 11.6 Å². The molecule has 0 aliphatic rings. The third-order valence-corrected chi connectivity index (χ3v) is 2.66. The van der Waals surface area contributed by atoms with Crippen LogP contribution in [0.3, 0.4) is 0 Å². The van der Waals surface area contributed by atoms with E-state index in [1.165, 1.54) is 0 Å². The molecule has 1 N–H and O–H groups in total. The van der Waals surface area contributed by atoms with Gasteiger partial charge in [-0.2, -0.15) is 13.2 Å². The minimum atomic E-state index is -4.57. The van der Waals surface area contributed by atoms with Crippen molar-refractivity contribution < 1.29 is 27.1 Å². The Morgan fingerprint density at radius 3 is 2.35 bits per heavy atom. The molecular formula is C10H8BrF5O. The number of aliphatic hydroxyl groups is 1. The lowest BCUT2D eigenvalue weighted by Gasteiger charge is -2.14. The number of hydrogen-bond donors (Lipinski definition) is 1. The maximum atomic E-state index is 13.4. The van der Waals surface area contributed by atoms with Crippen LogP contribution >= 0.6 is 15.9 Å². The highest BCUT2D eigenvalue weighted by atomic mass is 79.9. The standard InChI is InChI=1S/C10H8BrF5O/c11-7-1-2-8(12)6(9(7)13)3-5(17)4-10(14,15)16/h1-2,5,17H,3-4H2. The molecule has 17 heavy (non-hydrogen) atoms. The predicted molar refractivity (Wildman–Crippen MR) is 54.4 cm³/mol. The second-order valence-electron chi connectivity index (χ2n) is 3.50. The van der Waals surface area contributed by atoms with Gasteiger partial charge in [0, 0.05) is 12.0 Å². The van der Waals surface area contributed by atoms with E-state index in [1.54, 1.807) is 0 Å². The van der Waals surface area contributed by atoms with Gasteiger partial charge in [0.1, 0.15) is 11.6 Å². The van der Waals surface area contributed by atoms with Gasteiger partial charge in [0.15, 0.2) is 0 Å². The first-order valence-corrected chi connectivity index (χ1v) is 5.37. The molecule has 0 saturated heterocycles. The number of hydrogen-bond acceptors (Lipinski definition) is 1. The van der Waals surface area contributed by atoms with E-state index in [4.69, 9.17) is 5.11 Å². The van der Waals surface area contributed by atoms with Crippen LogP contribution in [0.2, 0.25) is 0 Å². The van der Waals surface area contributed by atoms with Gasteiger partial charge < -0.3 is 5.11 Å². The van der Waals surface area contributed by atoms with Crippen molar-refractivity contribution in [1.82, 2.24) is 0 Å². The van der Waals surface area contributed by atoms with Crippen LogP contribution in [-0.2, 0) is 6.42 Å². The van der Waals surface area contributed by atoms with Crippen LogP contribution < -0.4 is 0 Å². The fourth-order valence-corrected chi connectivity index (χ4v) is 1.70. The Morgan fingerprint density at radius 2 is 1.82 bits per heavy atom. The van der Waals surface area contributed by atoms with Crippen LogP contribution in [0.25, 0.3) is 0 Å². The minimum Gasteiger partial charge on any atom is -0.392 e. The number of halogens is 6. The lowest BCUT2D eigenvalue weighted by molar-refractivity contribution is -0.153. The maximum Gasteiger partial charge on any atom is 0.391 e. The highest BCUT2D eigenvalue weighted by Crippen LogP contribution is 2.26. The lowest BCUT2D eigenvalue weighted by Crippen LogP contribution is -2.22.